The first-order valence-electron chi connectivity index (χ1n) is 6.33. The van der Waals surface area contributed by atoms with Gasteiger partial charge in [-0.15, -0.1) is 0 Å². The van der Waals surface area contributed by atoms with Crippen LogP contribution in [0.2, 0.25) is 0 Å². The number of hydrogen-bond donors (Lipinski definition) is 2. The van der Waals surface area contributed by atoms with Crippen LogP contribution in [-0.4, -0.2) is 5.91 Å². The Morgan fingerprint density at radius 2 is 1.85 bits per heavy atom. The lowest BCUT2D eigenvalue weighted by Crippen LogP contribution is -2.45. The maximum absolute atomic E-state index is 13.0. The molecule has 0 saturated heterocycles. The van der Waals surface area contributed by atoms with E-state index in [0.29, 0.717) is 11.3 Å². The highest BCUT2D eigenvalue weighted by molar-refractivity contribution is 5.98. The SMILES string of the molecule is Cc1cc(F)ccc1NC(=O)C(C)(N)c1ccccc1. The molecule has 2 aromatic rings. The lowest BCUT2D eigenvalue weighted by Gasteiger charge is -2.24. The van der Waals surface area contributed by atoms with Gasteiger partial charge in [0.15, 0.2) is 0 Å². The summed E-state index contributed by atoms with van der Waals surface area (Å²) in [5.41, 5.74) is 6.91. The minimum Gasteiger partial charge on any atom is -0.324 e. The molecule has 0 heterocycles. The quantitative estimate of drug-likeness (QED) is 0.902. The number of amides is 1. The van der Waals surface area contributed by atoms with E-state index in [2.05, 4.69) is 5.32 Å². The number of halogens is 1. The maximum Gasteiger partial charge on any atom is 0.248 e. The molecule has 2 aromatic carbocycles. The molecule has 1 amide bonds. The number of nitrogens with two attached hydrogens (primary N) is 1. The molecular formula is C16H17FN2O. The van der Waals surface area contributed by atoms with Gasteiger partial charge in [0.1, 0.15) is 11.4 Å². The van der Waals surface area contributed by atoms with E-state index in [9.17, 15) is 9.18 Å². The van der Waals surface area contributed by atoms with Crippen molar-refractivity contribution in [3.8, 4) is 0 Å². The smallest absolute Gasteiger partial charge is 0.248 e. The van der Waals surface area contributed by atoms with Crippen LogP contribution in [0, 0.1) is 12.7 Å². The zero-order valence-corrected chi connectivity index (χ0v) is 11.5. The van der Waals surface area contributed by atoms with Crippen molar-refractivity contribution in [1.82, 2.24) is 0 Å². The minimum absolute atomic E-state index is 0.334. The van der Waals surface area contributed by atoms with Crippen LogP contribution in [0.1, 0.15) is 18.1 Å². The van der Waals surface area contributed by atoms with Crippen LogP contribution in [-0.2, 0) is 10.3 Å². The monoisotopic (exact) mass is 272 g/mol. The fraction of sp³-hybridized carbons (Fsp3) is 0.188. The third kappa shape index (κ3) is 2.86. The fourth-order valence-corrected chi connectivity index (χ4v) is 1.93. The van der Waals surface area contributed by atoms with Crippen molar-refractivity contribution in [3.63, 3.8) is 0 Å². The van der Waals surface area contributed by atoms with E-state index in [0.717, 1.165) is 5.56 Å². The van der Waals surface area contributed by atoms with E-state index < -0.39 is 5.54 Å². The van der Waals surface area contributed by atoms with E-state index >= 15 is 0 Å². The van der Waals surface area contributed by atoms with E-state index in [1.165, 1.54) is 18.2 Å². The molecule has 20 heavy (non-hydrogen) atoms. The lowest BCUT2D eigenvalue weighted by molar-refractivity contribution is -0.120. The Kier molecular flexibility index (Phi) is 3.86. The van der Waals surface area contributed by atoms with Crippen LogP contribution < -0.4 is 11.1 Å². The van der Waals surface area contributed by atoms with Gasteiger partial charge in [0, 0.05) is 5.69 Å². The van der Waals surface area contributed by atoms with Gasteiger partial charge in [-0.2, -0.15) is 0 Å². The number of hydrogen-bond acceptors (Lipinski definition) is 2. The van der Waals surface area contributed by atoms with E-state index in [1.54, 1.807) is 26.0 Å². The normalized spacial score (nSPS) is 13.6. The topological polar surface area (TPSA) is 55.1 Å². The molecule has 3 nitrogen and oxygen atoms in total. The number of nitrogens with one attached hydrogen (secondary N) is 1. The molecule has 1 unspecified atom stereocenters. The highest BCUT2D eigenvalue weighted by Crippen LogP contribution is 2.22. The number of carbonyl (C=O) groups excluding carboxylic acids is 1. The van der Waals surface area contributed by atoms with Crippen LogP contribution in [0.3, 0.4) is 0 Å². The highest BCUT2D eigenvalue weighted by atomic mass is 19.1. The number of benzene rings is 2. The Morgan fingerprint density at radius 1 is 1.20 bits per heavy atom. The summed E-state index contributed by atoms with van der Waals surface area (Å²) >= 11 is 0. The van der Waals surface area contributed by atoms with Crippen LogP contribution in [0.25, 0.3) is 0 Å². The first-order chi connectivity index (χ1) is 9.41. The van der Waals surface area contributed by atoms with Crippen LogP contribution >= 0.6 is 0 Å². The van der Waals surface area contributed by atoms with Crippen molar-refractivity contribution in [2.45, 2.75) is 19.4 Å². The molecule has 1 atom stereocenters. The first kappa shape index (κ1) is 14.2. The molecule has 0 radical (unpaired) electrons. The summed E-state index contributed by atoms with van der Waals surface area (Å²) in [5.74, 6) is -0.669. The predicted octanol–water partition coefficient (Wildman–Crippen LogP) is 2.95. The lowest BCUT2D eigenvalue weighted by atomic mass is 9.92. The molecular weight excluding hydrogens is 255 g/mol. The Hall–Kier alpha value is -2.20. The summed E-state index contributed by atoms with van der Waals surface area (Å²) in [4.78, 5) is 12.3. The number of rotatable bonds is 3. The predicted molar refractivity (Wildman–Crippen MR) is 77.7 cm³/mol. The van der Waals surface area contributed by atoms with Crippen LogP contribution in [0.4, 0.5) is 10.1 Å². The molecule has 0 aliphatic heterocycles. The molecule has 0 aromatic heterocycles. The second-order valence-corrected chi connectivity index (χ2v) is 4.98. The summed E-state index contributed by atoms with van der Waals surface area (Å²) < 4.78 is 13.0. The Bertz CT molecular complexity index is 624. The van der Waals surface area contributed by atoms with Gasteiger partial charge in [-0.3, -0.25) is 4.79 Å². The van der Waals surface area contributed by atoms with Gasteiger partial charge >= 0.3 is 0 Å². The molecule has 104 valence electrons. The average molecular weight is 272 g/mol. The zero-order valence-electron chi connectivity index (χ0n) is 11.5. The van der Waals surface area contributed by atoms with Gasteiger partial charge < -0.3 is 11.1 Å². The average Bonchev–Trinajstić information content (AvgIpc) is 2.42. The van der Waals surface area contributed by atoms with E-state index in [4.69, 9.17) is 5.73 Å². The second kappa shape index (κ2) is 5.43. The van der Waals surface area contributed by atoms with Crippen LogP contribution in [0.15, 0.2) is 48.5 Å². The van der Waals surface area contributed by atoms with Gasteiger partial charge in [-0.1, -0.05) is 30.3 Å². The number of aryl methyl sites for hydroxylation is 1. The van der Waals surface area contributed by atoms with Crippen molar-refractivity contribution in [1.29, 1.82) is 0 Å². The fourth-order valence-electron chi connectivity index (χ4n) is 1.93. The maximum atomic E-state index is 13.0. The zero-order chi connectivity index (χ0) is 14.8. The van der Waals surface area contributed by atoms with Gasteiger partial charge in [-0.25, -0.2) is 4.39 Å². The molecule has 0 spiro atoms. The Morgan fingerprint density at radius 3 is 2.45 bits per heavy atom. The molecule has 0 fully saturated rings. The Balaban J connectivity index is 2.23. The summed E-state index contributed by atoms with van der Waals surface area (Å²) in [6.07, 6.45) is 0. The molecule has 0 saturated carbocycles. The molecule has 0 aliphatic carbocycles. The minimum atomic E-state index is -1.15. The summed E-state index contributed by atoms with van der Waals surface area (Å²) in [6.45, 7) is 3.38. The van der Waals surface area contributed by atoms with Crippen molar-refractivity contribution in [2.75, 3.05) is 5.32 Å². The molecule has 0 bridgehead atoms. The summed E-state index contributed by atoms with van der Waals surface area (Å²) in [6, 6.07) is 13.3. The van der Waals surface area contributed by atoms with E-state index in [-0.39, 0.29) is 11.7 Å². The molecule has 0 aliphatic rings. The summed E-state index contributed by atoms with van der Waals surface area (Å²) in [7, 11) is 0. The number of carbonyl (C=O) groups is 1. The third-order valence-corrected chi connectivity index (χ3v) is 3.28. The van der Waals surface area contributed by atoms with E-state index in [1.807, 2.05) is 18.2 Å². The highest BCUT2D eigenvalue weighted by Gasteiger charge is 2.30. The van der Waals surface area contributed by atoms with Gasteiger partial charge in [0.05, 0.1) is 0 Å². The number of anilines is 1. The molecule has 2 rings (SSSR count). The van der Waals surface area contributed by atoms with Crippen molar-refractivity contribution in [2.24, 2.45) is 5.73 Å². The second-order valence-electron chi connectivity index (χ2n) is 4.98. The van der Waals surface area contributed by atoms with Gasteiger partial charge in [0.2, 0.25) is 5.91 Å². The van der Waals surface area contributed by atoms with Crippen LogP contribution in [0.5, 0.6) is 0 Å². The third-order valence-electron chi connectivity index (χ3n) is 3.28. The van der Waals surface area contributed by atoms with Gasteiger partial charge in [0.25, 0.3) is 0 Å². The molecule has 3 N–H and O–H groups in total. The Labute approximate surface area is 117 Å². The standard InChI is InChI=1S/C16H17FN2O/c1-11-10-13(17)8-9-14(11)19-15(20)16(2,18)12-6-4-3-5-7-12/h3-10H,18H2,1-2H3,(H,19,20). The van der Waals surface area contributed by atoms with Gasteiger partial charge in [-0.05, 0) is 43.2 Å². The molecule has 4 heteroatoms. The van der Waals surface area contributed by atoms with Crippen molar-refractivity contribution < 1.29 is 9.18 Å². The largest absolute Gasteiger partial charge is 0.324 e. The van der Waals surface area contributed by atoms with Crippen molar-refractivity contribution >= 4 is 11.6 Å². The first-order valence-corrected chi connectivity index (χ1v) is 6.33. The van der Waals surface area contributed by atoms with Crippen molar-refractivity contribution in [3.05, 3.63) is 65.5 Å². The summed E-state index contributed by atoms with van der Waals surface area (Å²) in [5, 5.41) is 2.75.